The predicted molar refractivity (Wildman–Crippen MR) is 115 cm³/mol. The van der Waals surface area contributed by atoms with Crippen LogP contribution in [0, 0.1) is 6.92 Å². The number of fused-ring (bicyclic) bond motifs is 1. The van der Waals surface area contributed by atoms with Crippen LogP contribution in [0.5, 0.6) is 5.75 Å². The minimum atomic E-state index is 0.0930. The van der Waals surface area contributed by atoms with Crippen molar-refractivity contribution in [3.8, 4) is 28.3 Å². The Bertz CT molecular complexity index is 1120. The van der Waals surface area contributed by atoms with Crippen LogP contribution in [0.1, 0.15) is 11.1 Å². The number of methoxy groups -OCH3 is 1. The second-order valence-corrected chi connectivity index (χ2v) is 6.90. The average molecular weight is 388 g/mol. The molecule has 5 nitrogen and oxygen atoms in total. The maximum atomic E-state index is 8.98. The molecule has 4 aromatic rings. The van der Waals surface area contributed by atoms with E-state index in [4.69, 9.17) is 19.2 Å². The summed E-state index contributed by atoms with van der Waals surface area (Å²) in [5.41, 5.74) is 6.88. The molecule has 0 atom stereocenters. The topological polar surface area (TPSA) is 67.5 Å². The van der Waals surface area contributed by atoms with Crippen LogP contribution in [0.4, 0.5) is 0 Å². The predicted octanol–water partition coefficient (Wildman–Crippen LogP) is 4.56. The van der Waals surface area contributed by atoms with Gasteiger partial charge in [0, 0.05) is 30.3 Å². The van der Waals surface area contributed by atoms with Gasteiger partial charge in [0.15, 0.2) is 5.58 Å². The van der Waals surface area contributed by atoms with Crippen LogP contribution in [-0.4, -0.2) is 30.4 Å². The number of rotatable bonds is 7. The van der Waals surface area contributed by atoms with Crippen LogP contribution in [0.25, 0.3) is 33.7 Å². The van der Waals surface area contributed by atoms with E-state index in [2.05, 4.69) is 30.4 Å². The molecule has 0 spiro atoms. The Labute approximate surface area is 170 Å². The first kappa shape index (κ1) is 19.2. The van der Waals surface area contributed by atoms with E-state index in [1.807, 2.05) is 42.5 Å². The first-order valence-corrected chi connectivity index (χ1v) is 9.65. The monoisotopic (exact) mass is 388 g/mol. The van der Waals surface area contributed by atoms with E-state index in [-0.39, 0.29) is 6.61 Å². The lowest BCUT2D eigenvalue weighted by Crippen LogP contribution is -2.17. The van der Waals surface area contributed by atoms with Crippen molar-refractivity contribution >= 4 is 11.1 Å². The Balaban J connectivity index is 1.75. The van der Waals surface area contributed by atoms with E-state index in [0.717, 1.165) is 33.5 Å². The number of nitrogens with zero attached hydrogens (tertiary/aromatic N) is 1. The molecular weight excluding hydrogens is 364 g/mol. The highest BCUT2D eigenvalue weighted by Crippen LogP contribution is 2.34. The summed E-state index contributed by atoms with van der Waals surface area (Å²) in [6.07, 6.45) is 0. The highest BCUT2D eigenvalue weighted by atomic mass is 16.5. The van der Waals surface area contributed by atoms with Gasteiger partial charge in [-0.05, 0) is 35.7 Å². The first-order chi connectivity index (χ1) is 14.2. The van der Waals surface area contributed by atoms with Crippen molar-refractivity contribution < 1.29 is 14.3 Å². The van der Waals surface area contributed by atoms with Crippen molar-refractivity contribution in [2.45, 2.75) is 13.5 Å². The van der Waals surface area contributed by atoms with Gasteiger partial charge in [0.2, 0.25) is 5.89 Å². The summed E-state index contributed by atoms with van der Waals surface area (Å²) in [5.74, 6) is 1.33. The van der Waals surface area contributed by atoms with Gasteiger partial charge >= 0.3 is 0 Å². The third kappa shape index (κ3) is 3.88. The van der Waals surface area contributed by atoms with Crippen molar-refractivity contribution in [1.82, 2.24) is 10.3 Å². The smallest absolute Gasteiger partial charge is 0.227 e. The van der Waals surface area contributed by atoms with Crippen LogP contribution in [0.15, 0.2) is 65.1 Å². The van der Waals surface area contributed by atoms with E-state index < -0.39 is 0 Å². The Kier molecular flexibility index (Phi) is 5.60. The highest BCUT2D eigenvalue weighted by molar-refractivity contribution is 5.81. The lowest BCUT2D eigenvalue weighted by atomic mass is 9.96. The molecule has 0 fully saturated rings. The molecule has 0 amide bonds. The molecule has 4 rings (SSSR count). The Morgan fingerprint density at radius 3 is 2.59 bits per heavy atom. The van der Waals surface area contributed by atoms with Crippen LogP contribution in [0.2, 0.25) is 0 Å². The molecule has 1 aromatic heterocycles. The molecule has 2 N–H and O–H groups in total. The lowest BCUT2D eigenvalue weighted by Gasteiger charge is -2.09. The number of hydrogen-bond acceptors (Lipinski definition) is 5. The zero-order chi connectivity index (χ0) is 20.2. The van der Waals surface area contributed by atoms with Gasteiger partial charge in [-0.3, -0.25) is 0 Å². The Morgan fingerprint density at radius 1 is 1.03 bits per heavy atom. The molecule has 0 aliphatic heterocycles. The second kappa shape index (κ2) is 8.47. The van der Waals surface area contributed by atoms with Gasteiger partial charge in [-0.15, -0.1) is 0 Å². The molecule has 29 heavy (non-hydrogen) atoms. The zero-order valence-corrected chi connectivity index (χ0v) is 16.6. The lowest BCUT2D eigenvalue weighted by molar-refractivity contribution is 0.291. The maximum absolute atomic E-state index is 8.98. The fraction of sp³-hybridized carbons (Fsp3) is 0.208. The fourth-order valence-corrected chi connectivity index (χ4v) is 3.54. The fourth-order valence-electron chi connectivity index (χ4n) is 3.54. The van der Waals surface area contributed by atoms with E-state index in [1.165, 1.54) is 5.56 Å². The molecule has 0 bridgehead atoms. The van der Waals surface area contributed by atoms with Crippen molar-refractivity contribution in [3.05, 3.63) is 71.8 Å². The molecule has 0 saturated heterocycles. The van der Waals surface area contributed by atoms with Crippen LogP contribution >= 0.6 is 0 Å². The summed E-state index contributed by atoms with van der Waals surface area (Å²) < 4.78 is 11.6. The van der Waals surface area contributed by atoms with Crippen LogP contribution in [0.3, 0.4) is 0 Å². The molecule has 0 saturated carbocycles. The number of aromatic nitrogens is 1. The third-order valence-electron chi connectivity index (χ3n) is 5.04. The van der Waals surface area contributed by atoms with Crippen molar-refractivity contribution in [1.29, 1.82) is 0 Å². The summed E-state index contributed by atoms with van der Waals surface area (Å²) in [6.45, 7) is 3.30. The number of aliphatic hydroxyl groups is 1. The summed E-state index contributed by atoms with van der Waals surface area (Å²) in [6, 6.07) is 20.3. The average Bonchev–Trinajstić information content (AvgIpc) is 3.16. The molecule has 1 heterocycles. The summed E-state index contributed by atoms with van der Waals surface area (Å²) >= 11 is 0. The second-order valence-electron chi connectivity index (χ2n) is 6.90. The van der Waals surface area contributed by atoms with Crippen molar-refractivity contribution in [2.24, 2.45) is 0 Å². The van der Waals surface area contributed by atoms with Gasteiger partial charge < -0.3 is 19.6 Å². The minimum Gasteiger partial charge on any atom is -0.496 e. The zero-order valence-electron chi connectivity index (χ0n) is 16.6. The number of aliphatic hydroxyl groups excluding tert-OH is 1. The van der Waals surface area contributed by atoms with Gasteiger partial charge in [-0.2, -0.15) is 0 Å². The minimum absolute atomic E-state index is 0.0930. The molecule has 5 heteroatoms. The molecular formula is C24H24N2O3. The highest BCUT2D eigenvalue weighted by Gasteiger charge is 2.16. The van der Waals surface area contributed by atoms with Gasteiger partial charge in [0.1, 0.15) is 11.3 Å². The van der Waals surface area contributed by atoms with Gasteiger partial charge in [-0.25, -0.2) is 4.98 Å². The molecule has 0 unspecified atom stereocenters. The molecule has 3 aromatic carbocycles. The number of benzene rings is 3. The third-order valence-corrected chi connectivity index (χ3v) is 5.04. The quantitative estimate of drug-likeness (QED) is 0.454. The summed E-state index contributed by atoms with van der Waals surface area (Å²) in [7, 11) is 1.64. The van der Waals surface area contributed by atoms with Gasteiger partial charge in [-0.1, -0.05) is 42.5 Å². The van der Waals surface area contributed by atoms with Gasteiger partial charge in [0.05, 0.1) is 13.7 Å². The van der Waals surface area contributed by atoms with Crippen molar-refractivity contribution in [3.63, 3.8) is 0 Å². The number of ether oxygens (including phenoxy) is 1. The SMILES string of the molecule is COc1cc2oc(-c3cccc(-c4ccccc4)c3C)nc2cc1CNCCO. The number of nitrogens with one attached hydrogen (secondary N) is 1. The maximum Gasteiger partial charge on any atom is 0.227 e. The van der Waals surface area contributed by atoms with Crippen LogP contribution in [-0.2, 0) is 6.54 Å². The normalized spacial score (nSPS) is 11.1. The first-order valence-electron chi connectivity index (χ1n) is 9.65. The van der Waals surface area contributed by atoms with Crippen LogP contribution < -0.4 is 10.1 Å². The van der Waals surface area contributed by atoms with E-state index in [1.54, 1.807) is 7.11 Å². The van der Waals surface area contributed by atoms with E-state index in [0.29, 0.717) is 24.6 Å². The standard InChI is InChI=1S/C24H24N2O3/c1-16-19(17-7-4-3-5-8-17)9-6-10-20(16)24-26-21-13-18(15-25-11-12-27)22(28-2)14-23(21)29-24/h3-10,13-14,25,27H,11-12,15H2,1-2H3. The molecule has 0 aliphatic rings. The Hall–Kier alpha value is -3.15. The Morgan fingerprint density at radius 2 is 1.83 bits per heavy atom. The molecule has 148 valence electrons. The molecule has 0 radical (unpaired) electrons. The molecule has 0 aliphatic carbocycles. The largest absolute Gasteiger partial charge is 0.496 e. The summed E-state index contributed by atoms with van der Waals surface area (Å²) in [4.78, 5) is 4.74. The van der Waals surface area contributed by atoms with Crippen molar-refractivity contribution in [2.75, 3.05) is 20.3 Å². The number of hydrogen-bond donors (Lipinski definition) is 2. The summed E-state index contributed by atoms with van der Waals surface area (Å²) in [5, 5.41) is 12.2. The van der Waals surface area contributed by atoms with Gasteiger partial charge in [0.25, 0.3) is 0 Å². The van der Waals surface area contributed by atoms with E-state index >= 15 is 0 Å². The number of oxazole rings is 1. The van der Waals surface area contributed by atoms with E-state index in [9.17, 15) is 0 Å².